The van der Waals surface area contributed by atoms with Gasteiger partial charge in [0.15, 0.2) is 10.8 Å². The zero-order chi connectivity index (χ0) is 21.5. The van der Waals surface area contributed by atoms with E-state index in [-0.39, 0.29) is 13.2 Å². The van der Waals surface area contributed by atoms with Crippen LogP contribution in [-0.4, -0.2) is 50.3 Å². The van der Waals surface area contributed by atoms with Gasteiger partial charge in [-0.05, 0) is 24.6 Å². The molecule has 0 fully saturated rings. The van der Waals surface area contributed by atoms with Gasteiger partial charge in [-0.25, -0.2) is 14.2 Å². The number of rotatable bonds is 9. The van der Waals surface area contributed by atoms with Crippen molar-refractivity contribution in [3.63, 3.8) is 0 Å². The van der Waals surface area contributed by atoms with Gasteiger partial charge in [0.2, 0.25) is 0 Å². The first kappa shape index (κ1) is 22.5. The Kier molecular flexibility index (Phi) is 8.08. The molecule has 0 amide bonds. The predicted octanol–water partition coefficient (Wildman–Crippen LogP) is 3.62. The highest BCUT2D eigenvalue weighted by Gasteiger charge is 2.34. The molecule has 0 aliphatic carbocycles. The van der Waals surface area contributed by atoms with Crippen LogP contribution in [0.2, 0.25) is 0 Å². The van der Waals surface area contributed by atoms with Crippen molar-refractivity contribution in [3.05, 3.63) is 61.9 Å². The predicted molar refractivity (Wildman–Crippen MR) is 115 cm³/mol. The third kappa shape index (κ3) is 5.31. The molecule has 160 valence electrons. The SMILES string of the molecule is CCOC(=O)C1=C(COCCOC)NC(c2nccs2)=NC1c1ccc(F)cc1Br. The van der Waals surface area contributed by atoms with E-state index < -0.39 is 17.8 Å². The highest BCUT2D eigenvalue weighted by Crippen LogP contribution is 2.36. The number of ether oxygens (including phenoxy) is 3. The summed E-state index contributed by atoms with van der Waals surface area (Å²) in [5.41, 5.74) is 1.46. The standard InChI is InChI=1S/C20H21BrFN3O4S/c1-3-29-20(26)16-15(11-28-8-7-27-2)24-18(19-23-6-9-30-19)25-17(16)13-5-4-12(22)10-14(13)21/h4-6,9-10,17H,3,7-8,11H2,1-2H3,(H,24,25). The number of hydrogen-bond acceptors (Lipinski definition) is 8. The fraction of sp³-hybridized carbons (Fsp3) is 0.350. The van der Waals surface area contributed by atoms with Crippen LogP contribution in [0.1, 0.15) is 23.5 Å². The van der Waals surface area contributed by atoms with E-state index in [9.17, 15) is 9.18 Å². The Bertz CT molecular complexity index is 950. The van der Waals surface area contributed by atoms with Crippen LogP contribution >= 0.6 is 27.3 Å². The molecule has 1 aromatic heterocycles. The Morgan fingerprint density at radius 2 is 2.20 bits per heavy atom. The number of aromatic nitrogens is 1. The Morgan fingerprint density at radius 1 is 1.37 bits per heavy atom. The lowest BCUT2D eigenvalue weighted by molar-refractivity contribution is -0.139. The largest absolute Gasteiger partial charge is 0.463 e. The first-order valence-corrected chi connectivity index (χ1v) is 10.9. The lowest BCUT2D eigenvalue weighted by Gasteiger charge is -2.27. The topological polar surface area (TPSA) is 82.0 Å². The second-order valence-corrected chi connectivity index (χ2v) is 7.92. The minimum atomic E-state index is -0.722. The van der Waals surface area contributed by atoms with Gasteiger partial charge in [0.1, 0.15) is 11.9 Å². The number of carbonyl (C=O) groups excluding carboxylic acids is 1. The van der Waals surface area contributed by atoms with E-state index in [2.05, 4.69) is 26.2 Å². The molecule has 2 heterocycles. The maximum Gasteiger partial charge on any atom is 0.338 e. The van der Waals surface area contributed by atoms with E-state index in [1.54, 1.807) is 26.3 Å². The third-order valence-corrected chi connectivity index (χ3v) is 5.66. The molecule has 30 heavy (non-hydrogen) atoms. The molecule has 1 aliphatic heterocycles. The van der Waals surface area contributed by atoms with Gasteiger partial charge >= 0.3 is 5.97 Å². The van der Waals surface area contributed by atoms with E-state index in [0.717, 1.165) is 0 Å². The van der Waals surface area contributed by atoms with Crippen LogP contribution in [0, 0.1) is 5.82 Å². The smallest absolute Gasteiger partial charge is 0.338 e. The molecule has 1 atom stereocenters. The van der Waals surface area contributed by atoms with E-state index >= 15 is 0 Å². The Morgan fingerprint density at radius 3 is 2.87 bits per heavy atom. The molecule has 1 aromatic carbocycles. The van der Waals surface area contributed by atoms with Gasteiger partial charge in [0, 0.05) is 23.2 Å². The molecule has 1 unspecified atom stereocenters. The fourth-order valence-corrected chi connectivity index (χ4v) is 4.03. The number of esters is 1. The second-order valence-electron chi connectivity index (χ2n) is 6.17. The van der Waals surface area contributed by atoms with Crippen molar-refractivity contribution in [2.75, 3.05) is 33.5 Å². The summed E-state index contributed by atoms with van der Waals surface area (Å²) in [5.74, 6) is -0.406. The van der Waals surface area contributed by atoms with Crippen LogP contribution in [-0.2, 0) is 19.0 Å². The average Bonchev–Trinajstić information content (AvgIpc) is 3.26. The molecule has 1 N–H and O–H groups in total. The summed E-state index contributed by atoms with van der Waals surface area (Å²) in [5, 5.41) is 5.67. The van der Waals surface area contributed by atoms with Crippen LogP contribution in [0.4, 0.5) is 4.39 Å². The van der Waals surface area contributed by atoms with Crippen molar-refractivity contribution in [3.8, 4) is 0 Å². The molecule has 2 aromatic rings. The summed E-state index contributed by atoms with van der Waals surface area (Å²) in [4.78, 5) is 21.9. The highest BCUT2D eigenvalue weighted by molar-refractivity contribution is 9.10. The van der Waals surface area contributed by atoms with E-state index in [4.69, 9.17) is 19.2 Å². The summed E-state index contributed by atoms with van der Waals surface area (Å²) in [6.45, 7) is 2.84. The van der Waals surface area contributed by atoms with Crippen molar-refractivity contribution >= 4 is 39.1 Å². The Labute approximate surface area is 186 Å². The summed E-state index contributed by atoms with van der Waals surface area (Å²) in [6, 6.07) is 3.55. The normalized spacial score (nSPS) is 16.3. The zero-order valence-corrected chi connectivity index (χ0v) is 18.9. The van der Waals surface area contributed by atoms with Crippen LogP contribution in [0.5, 0.6) is 0 Å². The maximum absolute atomic E-state index is 13.7. The van der Waals surface area contributed by atoms with Gasteiger partial charge in [-0.15, -0.1) is 11.3 Å². The van der Waals surface area contributed by atoms with Crippen molar-refractivity contribution < 1.29 is 23.4 Å². The van der Waals surface area contributed by atoms with E-state index in [1.807, 2.05) is 5.38 Å². The molecule has 0 radical (unpaired) electrons. The second kappa shape index (κ2) is 10.8. The number of hydrogen-bond donors (Lipinski definition) is 1. The number of amidine groups is 1. The number of carbonyl (C=O) groups is 1. The van der Waals surface area contributed by atoms with Crippen molar-refractivity contribution in [2.45, 2.75) is 13.0 Å². The van der Waals surface area contributed by atoms with Gasteiger partial charge < -0.3 is 19.5 Å². The molecule has 3 rings (SSSR count). The molecule has 0 saturated carbocycles. The minimum Gasteiger partial charge on any atom is -0.463 e. The molecule has 0 bridgehead atoms. The number of halogens is 2. The molecule has 0 saturated heterocycles. The highest BCUT2D eigenvalue weighted by atomic mass is 79.9. The summed E-state index contributed by atoms with van der Waals surface area (Å²) in [6.07, 6.45) is 1.67. The number of nitrogens with zero attached hydrogens (tertiary/aromatic N) is 2. The summed E-state index contributed by atoms with van der Waals surface area (Å²) >= 11 is 4.81. The maximum atomic E-state index is 13.7. The summed E-state index contributed by atoms with van der Waals surface area (Å²) < 4.78 is 30.2. The number of thiazole rings is 1. The Balaban J connectivity index is 2.07. The fourth-order valence-electron chi connectivity index (χ4n) is 2.87. The number of methoxy groups -OCH3 is 1. The van der Waals surface area contributed by atoms with Crippen molar-refractivity contribution in [1.82, 2.24) is 10.3 Å². The average molecular weight is 498 g/mol. The molecular formula is C20H21BrFN3O4S. The van der Waals surface area contributed by atoms with Crippen LogP contribution in [0.3, 0.4) is 0 Å². The van der Waals surface area contributed by atoms with Gasteiger partial charge in [-0.1, -0.05) is 22.0 Å². The van der Waals surface area contributed by atoms with Crippen LogP contribution in [0.15, 0.2) is 50.5 Å². The van der Waals surface area contributed by atoms with Crippen LogP contribution in [0.25, 0.3) is 0 Å². The zero-order valence-electron chi connectivity index (χ0n) is 16.5. The lowest BCUT2D eigenvalue weighted by Crippen LogP contribution is -2.36. The first-order chi connectivity index (χ1) is 14.5. The first-order valence-electron chi connectivity index (χ1n) is 9.21. The monoisotopic (exact) mass is 497 g/mol. The van der Waals surface area contributed by atoms with Crippen LogP contribution < -0.4 is 5.32 Å². The molecular weight excluding hydrogens is 477 g/mol. The van der Waals surface area contributed by atoms with E-state index in [0.29, 0.717) is 45.4 Å². The van der Waals surface area contributed by atoms with Crippen molar-refractivity contribution in [2.24, 2.45) is 4.99 Å². The molecule has 0 spiro atoms. The van der Waals surface area contributed by atoms with E-state index in [1.165, 1.54) is 23.5 Å². The third-order valence-electron chi connectivity index (χ3n) is 4.19. The van der Waals surface area contributed by atoms with Gasteiger partial charge in [0.25, 0.3) is 0 Å². The van der Waals surface area contributed by atoms with Gasteiger partial charge in [0.05, 0.1) is 37.7 Å². The molecule has 10 heteroatoms. The quantitative estimate of drug-likeness (QED) is 0.420. The number of benzene rings is 1. The van der Waals surface area contributed by atoms with Gasteiger partial charge in [-0.2, -0.15) is 0 Å². The minimum absolute atomic E-state index is 0.122. The number of aliphatic imine (C=N–C) groups is 1. The molecule has 7 nitrogen and oxygen atoms in total. The summed E-state index contributed by atoms with van der Waals surface area (Å²) in [7, 11) is 1.58. The van der Waals surface area contributed by atoms with Crippen molar-refractivity contribution in [1.29, 1.82) is 0 Å². The Hall–Kier alpha value is -2.14. The lowest BCUT2D eigenvalue weighted by atomic mass is 9.95. The number of nitrogens with one attached hydrogen (secondary N) is 1. The molecule has 1 aliphatic rings. The van der Waals surface area contributed by atoms with Gasteiger partial charge in [-0.3, -0.25) is 4.99 Å².